The molecule has 0 atom stereocenters. The first-order valence-corrected chi connectivity index (χ1v) is 7.42. The lowest BCUT2D eigenvalue weighted by Gasteiger charge is -1.97. The van der Waals surface area contributed by atoms with Gasteiger partial charge in [0.1, 0.15) is 0 Å². The van der Waals surface area contributed by atoms with Crippen molar-refractivity contribution in [3.05, 3.63) is 68.6 Å². The number of carbonyl (C=O) groups is 1. The van der Waals surface area contributed by atoms with Gasteiger partial charge < -0.3 is 0 Å². The number of hydrogen-bond acceptors (Lipinski definition) is 2. The summed E-state index contributed by atoms with van der Waals surface area (Å²) in [6, 6.07) is 17.7. The number of hydrogen-bond donors (Lipinski definition) is 0. The van der Waals surface area contributed by atoms with Crippen LogP contribution in [0.3, 0.4) is 0 Å². The van der Waals surface area contributed by atoms with Gasteiger partial charge in [0.2, 0.25) is 5.78 Å². The van der Waals surface area contributed by atoms with E-state index in [0.717, 1.165) is 24.1 Å². The number of thiophene rings is 1. The van der Waals surface area contributed by atoms with Gasteiger partial charge in [-0.15, -0.1) is 11.3 Å². The average Bonchev–Trinajstić information content (AvgIpc) is 2.82. The topological polar surface area (TPSA) is 17.1 Å². The predicted molar refractivity (Wildman–Crippen MR) is 84.4 cm³/mol. The first-order valence-electron chi connectivity index (χ1n) is 5.53. The van der Waals surface area contributed by atoms with Crippen molar-refractivity contribution in [2.45, 2.75) is 0 Å². The molecule has 0 spiro atoms. The van der Waals surface area contributed by atoms with Crippen molar-refractivity contribution in [2.75, 3.05) is 0 Å². The summed E-state index contributed by atoms with van der Waals surface area (Å²) < 4.78 is 2.30. The van der Waals surface area contributed by atoms with E-state index in [1.54, 1.807) is 11.3 Å². The summed E-state index contributed by atoms with van der Waals surface area (Å²) in [5, 5.41) is 1.14. The molecule has 0 radical (unpaired) electrons. The lowest BCUT2D eigenvalue weighted by Crippen LogP contribution is -1.97. The number of benzene rings is 2. The zero-order valence-electron chi connectivity index (χ0n) is 9.39. The molecule has 1 nitrogen and oxygen atoms in total. The average molecular weight is 364 g/mol. The molecule has 1 aromatic heterocycles. The van der Waals surface area contributed by atoms with E-state index in [2.05, 4.69) is 22.6 Å². The van der Waals surface area contributed by atoms with Crippen molar-refractivity contribution >= 4 is 49.8 Å². The van der Waals surface area contributed by atoms with Crippen LogP contribution >= 0.6 is 33.9 Å². The summed E-state index contributed by atoms with van der Waals surface area (Å²) in [7, 11) is 0. The smallest absolute Gasteiger partial charge is 0.202 e. The Labute approximate surface area is 123 Å². The molecule has 0 fully saturated rings. The van der Waals surface area contributed by atoms with E-state index in [9.17, 15) is 4.79 Å². The monoisotopic (exact) mass is 364 g/mol. The minimum atomic E-state index is 0.104. The van der Waals surface area contributed by atoms with Crippen molar-refractivity contribution < 1.29 is 4.79 Å². The van der Waals surface area contributed by atoms with Gasteiger partial charge >= 0.3 is 0 Å². The van der Waals surface area contributed by atoms with Gasteiger partial charge in [-0.3, -0.25) is 4.79 Å². The molecule has 1 heterocycles. The van der Waals surface area contributed by atoms with Crippen molar-refractivity contribution in [3.8, 4) is 0 Å². The molecule has 0 aliphatic carbocycles. The number of fused-ring (bicyclic) bond motifs is 1. The highest BCUT2D eigenvalue weighted by molar-refractivity contribution is 14.1. The van der Waals surface area contributed by atoms with E-state index in [0.29, 0.717) is 0 Å². The van der Waals surface area contributed by atoms with E-state index in [1.165, 1.54) is 0 Å². The van der Waals surface area contributed by atoms with Crippen LogP contribution in [-0.4, -0.2) is 5.78 Å². The van der Waals surface area contributed by atoms with Crippen LogP contribution in [0.4, 0.5) is 0 Å². The first-order chi connectivity index (χ1) is 8.74. The number of rotatable bonds is 2. The summed E-state index contributed by atoms with van der Waals surface area (Å²) in [6.45, 7) is 0. The third kappa shape index (κ3) is 2.20. The second-order valence-corrected chi connectivity index (χ2v) is 6.31. The molecule has 0 saturated carbocycles. The third-order valence-corrected chi connectivity index (χ3v) is 4.59. The Kier molecular flexibility index (Phi) is 3.18. The van der Waals surface area contributed by atoms with Gasteiger partial charge in [0, 0.05) is 13.8 Å². The molecular weight excluding hydrogens is 355 g/mol. The molecule has 0 saturated heterocycles. The van der Waals surface area contributed by atoms with Crippen LogP contribution in [0, 0.1) is 3.57 Å². The minimum Gasteiger partial charge on any atom is -0.288 e. The predicted octanol–water partition coefficient (Wildman–Crippen LogP) is 4.74. The molecule has 0 amide bonds. The zero-order valence-corrected chi connectivity index (χ0v) is 12.4. The van der Waals surface area contributed by atoms with E-state index in [1.807, 2.05) is 54.6 Å². The van der Waals surface area contributed by atoms with Crippen LogP contribution in [0.1, 0.15) is 15.2 Å². The largest absolute Gasteiger partial charge is 0.288 e. The molecular formula is C15H9IOS. The Morgan fingerprint density at radius 1 is 1.00 bits per heavy atom. The zero-order chi connectivity index (χ0) is 12.5. The van der Waals surface area contributed by atoms with Crippen LogP contribution in [0.15, 0.2) is 54.6 Å². The Balaban J connectivity index is 2.03. The summed E-state index contributed by atoms with van der Waals surface area (Å²) in [6.07, 6.45) is 0. The lowest BCUT2D eigenvalue weighted by molar-refractivity contribution is 0.104. The normalized spacial score (nSPS) is 10.7. The number of halogens is 1. The Morgan fingerprint density at radius 3 is 2.44 bits per heavy atom. The second kappa shape index (κ2) is 4.82. The van der Waals surface area contributed by atoms with Crippen molar-refractivity contribution in [1.29, 1.82) is 0 Å². The Hall–Kier alpha value is -1.20. The standard InChI is InChI=1S/C15H9IOS/c16-12-7-5-10(6-8-12)15(17)14-9-11-3-1-2-4-13(11)18-14/h1-9H. The molecule has 0 aliphatic heterocycles. The maximum absolute atomic E-state index is 12.3. The minimum absolute atomic E-state index is 0.104. The molecule has 88 valence electrons. The number of ketones is 1. The summed E-state index contributed by atoms with van der Waals surface area (Å²) in [4.78, 5) is 13.1. The number of carbonyl (C=O) groups excluding carboxylic acids is 1. The van der Waals surface area contributed by atoms with Gasteiger partial charge in [-0.25, -0.2) is 0 Å². The summed E-state index contributed by atoms with van der Waals surface area (Å²) in [5.41, 5.74) is 0.752. The Morgan fingerprint density at radius 2 is 1.72 bits per heavy atom. The van der Waals surface area contributed by atoms with Crippen LogP contribution in [0.25, 0.3) is 10.1 Å². The van der Waals surface area contributed by atoms with Gasteiger partial charge in [-0.2, -0.15) is 0 Å². The highest BCUT2D eigenvalue weighted by atomic mass is 127. The SMILES string of the molecule is O=C(c1ccc(I)cc1)c1cc2ccccc2s1. The fourth-order valence-corrected chi connectivity index (χ4v) is 3.22. The van der Waals surface area contributed by atoms with Gasteiger partial charge in [0.25, 0.3) is 0 Å². The molecule has 2 aromatic carbocycles. The summed E-state index contributed by atoms with van der Waals surface area (Å²) >= 11 is 3.79. The van der Waals surface area contributed by atoms with Gasteiger partial charge in [0.15, 0.2) is 0 Å². The molecule has 18 heavy (non-hydrogen) atoms. The van der Waals surface area contributed by atoms with E-state index in [-0.39, 0.29) is 5.78 Å². The first kappa shape index (κ1) is 11.9. The van der Waals surface area contributed by atoms with E-state index >= 15 is 0 Å². The Bertz CT molecular complexity index is 680. The fraction of sp³-hybridized carbons (Fsp3) is 0. The van der Waals surface area contributed by atoms with Crippen molar-refractivity contribution in [1.82, 2.24) is 0 Å². The molecule has 0 bridgehead atoms. The lowest BCUT2D eigenvalue weighted by atomic mass is 10.1. The van der Waals surface area contributed by atoms with Crippen molar-refractivity contribution in [2.24, 2.45) is 0 Å². The van der Waals surface area contributed by atoms with Crippen molar-refractivity contribution in [3.63, 3.8) is 0 Å². The molecule has 0 unspecified atom stereocenters. The second-order valence-electron chi connectivity index (χ2n) is 3.98. The molecule has 3 heteroatoms. The van der Waals surface area contributed by atoms with Gasteiger partial charge in [-0.05, 0) is 64.4 Å². The van der Waals surface area contributed by atoms with Crippen LogP contribution in [0.5, 0.6) is 0 Å². The third-order valence-electron chi connectivity index (χ3n) is 2.76. The van der Waals surface area contributed by atoms with Gasteiger partial charge in [-0.1, -0.05) is 18.2 Å². The molecule has 0 aliphatic rings. The van der Waals surface area contributed by atoms with E-state index in [4.69, 9.17) is 0 Å². The molecule has 3 rings (SSSR count). The maximum Gasteiger partial charge on any atom is 0.202 e. The van der Waals surface area contributed by atoms with Gasteiger partial charge in [0.05, 0.1) is 4.88 Å². The van der Waals surface area contributed by atoms with Crippen LogP contribution in [0.2, 0.25) is 0 Å². The van der Waals surface area contributed by atoms with Crippen LogP contribution < -0.4 is 0 Å². The highest BCUT2D eigenvalue weighted by Gasteiger charge is 2.12. The quantitative estimate of drug-likeness (QED) is 0.474. The highest BCUT2D eigenvalue weighted by Crippen LogP contribution is 2.27. The summed E-state index contributed by atoms with van der Waals surface area (Å²) in [5.74, 6) is 0.104. The molecule has 0 N–H and O–H groups in total. The van der Waals surface area contributed by atoms with E-state index < -0.39 is 0 Å². The molecule has 3 aromatic rings. The fourth-order valence-electron chi connectivity index (χ4n) is 1.84. The van der Waals surface area contributed by atoms with Crippen LogP contribution in [-0.2, 0) is 0 Å². The maximum atomic E-state index is 12.3.